The van der Waals surface area contributed by atoms with Crippen LogP contribution in [0.1, 0.15) is 30.8 Å². The number of aromatic nitrogens is 2. The number of halogens is 1. The van der Waals surface area contributed by atoms with Crippen molar-refractivity contribution in [3.8, 4) is 0 Å². The number of nitrogen functional groups attached to an aromatic ring is 1. The molecule has 1 aromatic rings. The molecule has 0 radical (unpaired) electrons. The van der Waals surface area contributed by atoms with Gasteiger partial charge in [-0.15, -0.1) is 0 Å². The topological polar surface area (TPSA) is 61.0 Å². The number of nitrogens with two attached hydrogens (primary N) is 1. The average molecular weight is 225 g/mol. The number of nitrogens with zero attached hydrogens (tertiary/aromatic N) is 2. The zero-order valence-electron chi connectivity index (χ0n) is 9.37. The van der Waals surface area contributed by atoms with Crippen LogP contribution < -0.4 is 5.73 Å². The van der Waals surface area contributed by atoms with E-state index in [4.69, 9.17) is 10.5 Å². The van der Waals surface area contributed by atoms with Crippen LogP contribution in [0.4, 0.5) is 10.2 Å². The first-order valence-electron chi connectivity index (χ1n) is 5.57. The van der Waals surface area contributed by atoms with Gasteiger partial charge in [-0.25, -0.2) is 14.4 Å². The van der Waals surface area contributed by atoms with E-state index in [-0.39, 0.29) is 11.9 Å². The molecule has 16 heavy (non-hydrogen) atoms. The molecule has 1 unspecified atom stereocenters. The number of hydrogen-bond donors (Lipinski definition) is 1. The van der Waals surface area contributed by atoms with E-state index in [1.54, 1.807) is 6.92 Å². The molecule has 0 spiro atoms. The number of anilines is 1. The molecule has 2 N–H and O–H groups in total. The SMILES string of the molecule is Cc1nc(CC2CCCCO2)nc(N)c1F. The molecular weight excluding hydrogens is 209 g/mol. The number of aryl methyl sites for hydroxylation is 1. The molecule has 0 aromatic carbocycles. The number of rotatable bonds is 2. The molecule has 1 fully saturated rings. The third-order valence-corrected chi connectivity index (χ3v) is 2.77. The van der Waals surface area contributed by atoms with Gasteiger partial charge in [0.25, 0.3) is 0 Å². The predicted octanol–water partition coefficient (Wildman–Crippen LogP) is 1.62. The van der Waals surface area contributed by atoms with Gasteiger partial charge in [-0.2, -0.15) is 0 Å². The Labute approximate surface area is 94.0 Å². The zero-order chi connectivity index (χ0) is 11.5. The third kappa shape index (κ3) is 2.47. The summed E-state index contributed by atoms with van der Waals surface area (Å²) in [6.45, 7) is 2.39. The molecule has 0 saturated carbocycles. The summed E-state index contributed by atoms with van der Waals surface area (Å²) in [6, 6.07) is 0. The molecule has 0 aliphatic carbocycles. The van der Waals surface area contributed by atoms with E-state index in [9.17, 15) is 4.39 Å². The normalized spacial score (nSPS) is 21.0. The molecule has 88 valence electrons. The quantitative estimate of drug-likeness (QED) is 0.830. The lowest BCUT2D eigenvalue weighted by Crippen LogP contribution is -2.23. The van der Waals surface area contributed by atoms with Crippen molar-refractivity contribution in [2.45, 2.75) is 38.7 Å². The fraction of sp³-hybridized carbons (Fsp3) is 0.636. The van der Waals surface area contributed by atoms with Gasteiger partial charge in [0.1, 0.15) is 5.82 Å². The maximum Gasteiger partial charge on any atom is 0.186 e. The van der Waals surface area contributed by atoms with Crippen LogP contribution in [0.3, 0.4) is 0 Å². The molecule has 1 aromatic heterocycles. The highest BCUT2D eigenvalue weighted by Gasteiger charge is 2.17. The van der Waals surface area contributed by atoms with Crippen LogP contribution in [0.15, 0.2) is 0 Å². The first kappa shape index (κ1) is 11.3. The van der Waals surface area contributed by atoms with Gasteiger partial charge in [-0.1, -0.05) is 0 Å². The Kier molecular flexibility index (Phi) is 3.33. The molecule has 1 aliphatic rings. The Morgan fingerprint density at radius 3 is 2.88 bits per heavy atom. The monoisotopic (exact) mass is 225 g/mol. The van der Waals surface area contributed by atoms with E-state index >= 15 is 0 Å². The molecule has 0 amide bonds. The van der Waals surface area contributed by atoms with Gasteiger partial charge in [0, 0.05) is 13.0 Å². The minimum atomic E-state index is -0.520. The summed E-state index contributed by atoms with van der Waals surface area (Å²) in [5, 5.41) is 0. The standard InChI is InChI=1S/C11H16FN3O/c1-7-10(12)11(13)15-9(14-7)6-8-4-2-3-5-16-8/h8H,2-6H2,1H3,(H2,13,14,15). The molecule has 1 aliphatic heterocycles. The summed E-state index contributed by atoms with van der Waals surface area (Å²) in [4.78, 5) is 8.02. The maximum atomic E-state index is 13.2. The molecule has 2 rings (SSSR count). The van der Waals surface area contributed by atoms with Gasteiger partial charge in [0.2, 0.25) is 0 Å². The van der Waals surface area contributed by atoms with Gasteiger partial charge in [0.05, 0.1) is 11.8 Å². The van der Waals surface area contributed by atoms with Crippen molar-refractivity contribution in [1.29, 1.82) is 0 Å². The van der Waals surface area contributed by atoms with Crippen LogP contribution in [0.5, 0.6) is 0 Å². The molecule has 4 nitrogen and oxygen atoms in total. The summed E-state index contributed by atoms with van der Waals surface area (Å²) in [5.41, 5.74) is 5.76. The van der Waals surface area contributed by atoms with Crippen molar-refractivity contribution in [1.82, 2.24) is 9.97 Å². The Hall–Kier alpha value is -1.23. The fourth-order valence-electron chi connectivity index (χ4n) is 1.90. The van der Waals surface area contributed by atoms with Crippen molar-refractivity contribution >= 4 is 5.82 Å². The van der Waals surface area contributed by atoms with Crippen LogP contribution in [-0.4, -0.2) is 22.7 Å². The molecular formula is C11H16FN3O. The van der Waals surface area contributed by atoms with Crippen molar-refractivity contribution in [3.63, 3.8) is 0 Å². The summed E-state index contributed by atoms with van der Waals surface area (Å²) >= 11 is 0. The minimum absolute atomic E-state index is 0.0710. The van der Waals surface area contributed by atoms with E-state index < -0.39 is 5.82 Å². The average Bonchev–Trinajstić information content (AvgIpc) is 2.27. The second kappa shape index (κ2) is 4.74. The molecule has 2 heterocycles. The highest BCUT2D eigenvalue weighted by molar-refractivity contribution is 5.32. The Balaban J connectivity index is 2.09. The van der Waals surface area contributed by atoms with Gasteiger partial charge in [-0.05, 0) is 26.2 Å². The van der Waals surface area contributed by atoms with Crippen LogP contribution in [0.25, 0.3) is 0 Å². The smallest absolute Gasteiger partial charge is 0.186 e. The lowest BCUT2D eigenvalue weighted by molar-refractivity contribution is 0.0156. The molecule has 1 saturated heterocycles. The maximum absolute atomic E-state index is 13.2. The highest BCUT2D eigenvalue weighted by Crippen LogP contribution is 2.17. The minimum Gasteiger partial charge on any atom is -0.381 e. The molecule has 0 bridgehead atoms. The van der Waals surface area contributed by atoms with Crippen LogP contribution in [0, 0.1) is 12.7 Å². The van der Waals surface area contributed by atoms with E-state index in [1.807, 2.05) is 0 Å². The fourth-order valence-corrected chi connectivity index (χ4v) is 1.90. The van der Waals surface area contributed by atoms with Gasteiger partial charge in [-0.3, -0.25) is 0 Å². The van der Waals surface area contributed by atoms with Crippen LogP contribution in [-0.2, 0) is 11.2 Å². The highest BCUT2D eigenvalue weighted by atomic mass is 19.1. The lowest BCUT2D eigenvalue weighted by Gasteiger charge is -2.21. The Morgan fingerprint density at radius 1 is 1.44 bits per heavy atom. The van der Waals surface area contributed by atoms with E-state index in [0.29, 0.717) is 17.9 Å². The zero-order valence-corrected chi connectivity index (χ0v) is 9.37. The molecule has 1 atom stereocenters. The second-order valence-corrected chi connectivity index (χ2v) is 4.12. The van der Waals surface area contributed by atoms with Gasteiger partial charge >= 0.3 is 0 Å². The Morgan fingerprint density at radius 2 is 2.25 bits per heavy atom. The summed E-state index contributed by atoms with van der Waals surface area (Å²) in [7, 11) is 0. The van der Waals surface area contributed by atoms with Gasteiger partial charge < -0.3 is 10.5 Å². The predicted molar refractivity (Wildman–Crippen MR) is 58.4 cm³/mol. The Bertz CT molecular complexity index is 354. The first-order chi connectivity index (χ1) is 7.66. The van der Waals surface area contributed by atoms with E-state index in [0.717, 1.165) is 19.4 Å². The van der Waals surface area contributed by atoms with E-state index in [2.05, 4.69) is 9.97 Å². The van der Waals surface area contributed by atoms with Crippen LogP contribution in [0.2, 0.25) is 0 Å². The van der Waals surface area contributed by atoms with Crippen molar-refractivity contribution in [2.75, 3.05) is 12.3 Å². The van der Waals surface area contributed by atoms with E-state index in [1.165, 1.54) is 6.42 Å². The largest absolute Gasteiger partial charge is 0.381 e. The van der Waals surface area contributed by atoms with Crippen LogP contribution >= 0.6 is 0 Å². The second-order valence-electron chi connectivity index (χ2n) is 4.12. The van der Waals surface area contributed by atoms with Crippen molar-refractivity contribution < 1.29 is 9.13 Å². The summed E-state index contributed by atoms with van der Waals surface area (Å²) < 4.78 is 18.8. The third-order valence-electron chi connectivity index (χ3n) is 2.77. The lowest BCUT2D eigenvalue weighted by atomic mass is 10.1. The first-order valence-corrected chi connectivity index (χ1v) is 5.57. The van der Waals surface area contributed by atoms with Gasteiger partial charge in [0.15, 0.2) is 11.6 Å². The number of hydrogen-bond acceptors (Lipinski definition) is 4. The number of ether oxygens (including phenoxy) is 1. The summed E-state index contributed by atoms with van der Waals surface area (Å²) in [5.74, 6) is -0.0186. The van der Waals surface area contributed by atoms with Crippen molar-refractivity contribution in [2.24, 2.45) is 0 Å². The summed E-state index contributed by atoms with van der Waals surface area (Å²) in [6.07, 6.45) is 4.06. The van der Waals surface area contributed by atoms with Crippen molar-refractivity contribution in [3.05, 3.63) is 17.3 Å². The molecule has 5 heteroatoms.